The van der Waals surface area contributed by atoms with E-state index in [2.05, 4.69) is 27.7 Å². The minimum Gasteiger partial charge on any atom is -0.373 e. The third-order valence-electron chi connectivity index (χ3n) is 2.79. The molecule has 1 aliphatic carbocycles. The maximum Gasteiger partial charge on any atom is 0.0840 e. The van der Waals surface area contributed by atoms with Crippen LogP contribution < -0.4 is 0 Å². The van der Waals surface area contributed by atoms with Gasteiger partial charge in [0.25, 0.3) is 0 Å². The van der Waals surface area contributed by atoms with Gasteiger partial charge in [-0.05, 0) is 40.5 Å². The molecule has 1 fully saturated rings. The smallest absolute Gasteiger partial charge is 0.0840 e. The number of hydrogen-bond acceptors (Lipinski definition) is 2. The summed E-state index contributed by atoms with van der Waals surface area (Å²) in [4.78, 5) is 0. The van der Waals surface area contributed by atoms with E-state index >= 15 is 0 Å². The van der Waals surface area contributed by atoms with E-state index in [0.717, 1.165) is 12.8 Å². The Labute approximate surface area is 94.3 Å². The van der Waals surface area contributed by atoms with Crippen LogP contribution >= 0.6 is 0 Å². The Morgan fingerprint density at radius 1 is 0.733 bits per heavy atom. The van der Waals surface area contributed by atoms with E-state index in [0.29, 0.717) is 24.4 Å². The Bertz CT molecular complexity index is 148. The van der Waals surface area contributed by atoms with Crippen molar-refractivity contribution in [3.8, 4) is 0 Å². The molecule has 1 rings (SSSR count). The van der Waals surface area contributed by atoms with Gasteiger partial charge in [0.15, 0.2) is 0 Å². The van der Waals surface area contributed by atoms with Crippen LogP contribution in [0, 0.1) is 0 Å². The van der Waals surface area contributed by atoms with Crippen LogP contribution in [0.25, 0.3) is 0 Å². The van der Waals surface area contributed by atoms with Crippen LogP contribution in [0.1, 0.15) is 59.8 Å². The zero-order chi connectivity index (χ0) is 11.3. The molecule has 2 nitrogen and oxygen atoms in total. The molecule has 1 aliphatic rings. The quantitative estimate of drug-likeness (QED) is 0.666. The standard InChI is InChI=1S/C13H26O2/c1-10(2)14-12-8-6-5-7-9-13(12)15-11(3)4/h10-13H,5-9H2,1-4H3. The van der Waals surface area contributed by atoms with E-state index in [9.17, 15) is 0 Å². The zero-order valence-electron chi connectivity index (χ0n) is 10.7. The van der Waals surface area contributed by atoms with E-state index in [1.807, 2.05) is 0 Å². The highest BCUT2D eigenvalue weighted by Gasteiger charge is 2.26. The summed E-state index contributed by atoms with van der Waals surface area (Å²) in [6.07, 6.45) is 7.48. The predicted octanol–water partition coefficient (Wildman–Crippen LogP) is 3.54. The highest BCUT2D eigenvalue weighted by atomic mass is 16.5. The fourth-order valence-corrected chi connectivity index (χ4v) is 2.25. The van der Waals surface area contributed by atoms with Gasteiger partial charge in [0.1, 0.15) is 0 Å². The average Bonchev–Trinajstić information content (AvgIpc) is 2.30. The van der Waals surface area contributed by atoms with Crippen molar-refractivity contribution in [2.75, 3.05) is 0 Å². The number of hydrogen-bond donors (Lipinski definition) is 0. The summed E-state index contributed by atoms with van der Waals surface area (Å²) in [5.41, 5.74) is 0. The molecular weight excluding hydrogens is 188 g/mol. The van der Waals surface area contributed by atoms with Gasteiger partial charge in [-0.1, -0.05) is 19.3 Å². The lowest BCUT2D eigenvalue weighted by molar-refractivity contribution is -0.112. The van der Waals surface area contributed by atoms with Gasteiger partial charge in [0.2, 0.25) is 0 Å². The molecular formula is C13H26O2. The highest BCUT2D eigenvalue weighted by Crippen LogP contribution is 2.24. The van der Waals surface area contributed by atoms with E-state index in [1.54, 1.807) is 0 Å². The largest absolute Gasteiger partial charge is 0.373 e. The lowest BCUT2D eigenvalue weighted by Crippen LogP contribution is -2.34. The first-order valence-corrected chi connectivity index (χ1v) is 6.40. The molecule has 2 atom stereocenters. The highest BCUT2D eigenvalue weighted by molar-refractivity contribution is 4.76. The first kappa shape index (κ1) is 13.0. The SMILES string of the molecule is CC(C)OC1CCCCCC1OC(C)C. The minimum absolute atomic E-state index is 0.311. The fraction of sp³-hybridized carbons (Fsp3) is 1.00. The molecule has 90 valence electrons. The van der Waals surface area contributed by atoms with Crippen LogP contribution in [0.2, 0.25) is 0 Å². The molecule has 2 heteroatoms. The monoisotopic (exact) mass is 214 g/mol. The third kappa shape index (κ3) is 4.98. The van der Waals surface area contributed by atoms with Crippen molar-refractivity contribution in [2.24, 2.45) is 0 Å². The fourth-order valence-electron chi connectivity index (χ4n) is 2.25. The molecule has 0 aliphatic heterocycles. The number of rotatable bonds is 4. The van der Waals surface area contributed by atoms with Gasteiger partial charge in [-0.25, -0.2) is 0 Å². The molecule has 0 saturated heterocycles. The van der Waals surface area contributed by atoms with Crippen LogP contribution in [0.4, 0.5) is 0 Å². The molecule has 0 N–H and O–H groups in total. The van der Waals surface area contributed by atoms with Gasteiger partial charge in [0.05, 0.1) is 24.4 Å². The van der Waals surface area contributed by atoms with Crippen molar-refractivity contribution in [1.82, 2.24) is 0 Å². The summed E-state index contributed by atoms with van der Waals surface area (Å²) in [7, 11) is 0. The Hall–Kier alpha value is -0.0800. The van der Waals surface area contributed by atoms with Crippen molar-refractivity contribution in [1.29, 1.82) is 0 Å². The Kier molecular flexibility index (Phi) is 5.62. The molecule has 0 heterocycles. The lowest BCUT2D eigenvalue weighted by Gasteiger charge is -2.28. The molecule has 0 radical (unpaired) electrons. The molecule has 0 amide bonds. The predicted molar refractivity (Wildman–Crippen MR) is 63.1 cm³/mol. The van der Waals surface area contributed by atoms with Crippen molar-refractivity contribution in [3.05, 3.63) is 0 Å². The van der Waals surface area contributed by atoms with Gasteiger partial charge in [-0.3, -0.25) is 0 Å². The topological polar surface area (TPSA) is 18.5 Å². The molecule has 2 unspecified atom stereocenters. The van der Waals surface area contributed by atoms with Gasteiger partial charge < -0.3 is 9.47 Å². The molecule has 15 heavy (non-hydrogen) atoms. The van der Waals surface area contributed by atoms with E-state index < -0.39 is 0 Å². The summed E-state index contributed by atoms with van der Waals surface area (Å²) in [6, 6.07) is 0. The summed E-state index contributed by atoms with van der Waals surface area (Å²) in [6.45, 7) is 8.43. The normalized spacial score (nSPS) is 28.4. The van der Waals surface area contributed by atoms with Crippen LogP contribution in [-0.2, 0) is 9.47 Å². The summed E-state index contributed by atoms with van der Waals surface area (Å²) >= 11 is 0. The van der Waals surface area contributed by atoms with Gasteiger partial charge in [-0.15, -0.1) is 0 Å². The molecule has 0 aromatic carbocycles. The van der Waals surface area contributed by atoms with Crippen LogP contribution in [0.3, 0.4) is 0 Å². The maximum absolute atomic E-state index is 5.96. The van der Waals surface area contributed by atoms with Crippen molar-refractivity contribution >= 4 is 0 Å². The second-order valence-electron chi connectivity index (χ2n) is 5.08. The molecule has 0 spiro atoms. The average molecular weight is 214 g/mol. The van der Waals surface area contributed by atoms with Crippen molar-refractivity contribution in [2.45, 2.75) is 84.2 Å². The van der Waals surface area contributed by atoms with E-state index in [-0.39, 0.29) is 0 Å². The van der Waals surface area contributed by atoms with E-state index in [4.69, 9.17) is 9.47 Å². The third-order valence-corrected chi connectivity index (χ3v) is 2.79. The minimum atomic E-state index is 0.311. The molecule has 0 aromatic heterocycles. The van der Waals surface area contributed by atoms with Gasteiger partial charge in [0, 0.05) is 0 Å². The molecule has 0 aromatic rings. The second-order valence-corrected chi connectivity index (χ2v) is 5.08. The summed E-state index contributed by atoms with van der Waals surface area (Å²) in [5, 5.41) is 0. The second kappa shape index (κ2) is 6.49. The summed E-state index contributed by atoms with van der Waals surface area (Å²) in [5.74, 6) is 0. The van der Waals surface area contributed by atoms with Crippen LogP contribution in [0.15, 0.2) is 0 Å². The Morgan fingerprint density at radius 3 is 1.47 bits per heavy atom. The van der Waals surface area contributed by atoms with Crippen molar-refractivity contribution < 1.29 is 9.47 Å². The Morgan fingerprint density at radius 2 is 1.13 bits per heavy atom. The lowest BCUT2D eigenvalue weighted by atomic mass is 10.1. The van der Waals surface area contributed by atoms with Crippen LogP contribution in [0.5, 0.6) is 0 Å². The van der Waals surface area contributed by atoms with E-state index in [1.165, 1.54) is 19.3 Å². The molecule has 1 saturated carbocycles. The summed E-state index contributed by atoms with van der Waals surface area (Å²) < 4.78 is 11.9. The number of ether oxygens (including phenoxy) is 2. The van der Waals surface area contributed by atoms with Gasteiger partial charge >= 0.3 is 0 Å². The van der Waals surface area contributed by atoms with Crippen molar-refractivity contribution in [3.63, 3.8) is 0 Å². The zero-order valence-corrected chi connectivity index (χ0v) is 10.7. The maximum atomic E-state index is 5.96. The first-order valence-electron chi connectivity index (χ1n) is 6.40. The first-order chi connectivity index (χ1) is 7.09. The van der Waals surface area contributed by atoms with Gasteiger partial charge in [-0.2, -0.15) is 0 Å². The Balaban J connectivity index is 2.50. The molecule has 0 bridgehead atoms. The van der Waals surface area contributed by atoms with Crippen LogP contribution in [-0.4, -0.2) is 24.4 Å².